The fourth-order valence-electron chi connectivity index (χ4n) is 2.81. The van der Waals surface area contributed by atoms with Crippen molar-refractivity contribution in [1.29, 1.82) is 0 Å². The van der Waals surface area contributed by atoms with Crippen LogP contribution in [0.2, 0.25) is 0 Å². The lowest BCUT2D eigenvalue weighted by Crippen LogP contribution is -2.41. The molecule has 0 saturated heterocycles. The number of nitrogens with zero attached hydrogens (tertiary/aromatic N) is 4. The van der Waals surface area contributed by atoms with Crippen LogP contribution in [0.1, 0.15) is 22.7 Å². The standard InChI is InChI=1S/C16H15N5O/c22-16(14-9-18-12-3-1-2-4-13(12)20-14)19-11-5-6-15-17-7-8-21(15)10-11/h1-4,7-9,11H,5-6,10H2,(H,19,22)/t11-/m1/s1. The normalized spacial score (nSPS) is 17.2. The van der Waals surface area contributed by atoms with Crippen molar-refractivity contribution < 1.29 is 4.79 Å². The monoisotopic (exact) mass is 293 g/mol. The van der Waals surface area contributed by atoms with Gasteiger partial charge in [-0.3, -0.25) is 9.78 Å². The van der Waals surface area contributed by atoms with Gasteiger partial charge in [-0.1, -0.05) is 12.1 Å². The zero-order valence-electron chi connectivity index (χ0n) is 11.9. The molecule has 0 bridgehead atoms. The maximum atomic E-state index is 12.4. The van der Waals surface area contributed by atoms with Crippen LogP contribution in [0.5, 0.6) is 0 Å². The molecule has 3 heterocycles. The fraction of sp³-hybridized carbons (Fsp3) is 0.250. The summed E-state index contributed by atoms with van der Waals surface area (Å²) in [7, 11) is 0. The van der Waals surface area contributed by atoms with Gasteiger partial charge < -0.3 is 9.88 Å². The Kier molecular flexibility index (Phi) is 3.07. The van der Waals surface area contributed by atoms with Gasteiger partial charge in [-0.15, -0.1) is 0 Å². The first kappa shape index (κ1) is 12.9. The molecule has 1 N–H and O–H groups in total. The second-order valence-electron chi connectivity index (χ2n) is 5.45. The fourth-order valence-corrected chi connectivity index (χ4v) is 2.81. The second kappa shape index (κ2) is 5.22. The number of carbonyl (C=O) groups is 1. The molecule has 1 aliphatic heterocycles. The highest BCUT2D eigenvalue weighted by molar-refractivity contribution is 5.93. The molecule has 0 saturated carbocycles. The molecule has 1 atom stereocenters. The lowest BCUT2D eigenvalue weighted by Gasteiger charge is -2.24. The topological polar surface area (TPSA) is 72.7 Å². The number of nitrogens with one attached hydrogen (secondary N) is 1. The lowest BCUT2D eigenvalue weighted by atomic mass is 10.1. The first-order valence-corrected chi connectivity index (χ1v) is 7.32. The Hall–Kier alpha value is -2.76. The third-order valence-corrected chi connectivity index (χ3v) is 3.95. The van der Waals surface area contributed by atoms with E-state index in [0.29, 0.717) is 5.69 Å². The van der Waals surface area contributed by atoms with Gasteiger partial charge in [0.25, 0.3) is 5.91 Å². The number of aromatic nitrogens is 4. The van der Waals surface area contributed by atoms with E-state index in [1.54, 1.807) is 6.20 Å². The largest absolute Gasteiger partial charge is 0.346 e. The Morgan fingerprint density at radius 3 is 3.00 bits per heavy atom. The molecule has 1 amide bonds. The Labute approximate surface area is 127 Å². The van der Waals surface area contributed by atoms with Gasteiger partial charge in [0, 0.05) is 31.4 Å². The van der Waals surface area contributed by atoms with Crippen LogP contribution in [0, 0.1) is 0 Å². The number of para-hydroxylation sites is 2. The number of carbonyl (C=O) groups excluding carboxylic acids is 1. The highest BCUT2D eigenvalue weighted by Gasteiger charge is 2.21. The van der Waals surface area contributed by atoms with Crippen molar-refractivity contribution in [2.24, 2.45) is 0 Å². The molecule has 6 nitrogen and oxygen atoms in total. The third kappa shape index (κ3) is 2.32. The van der Waals surface area contributed by atoms with Gasteiger partial charge in [-0.25, -0.2) is 9.97 Å². The highest BCUT2D eigenvalue weighted by atomic mass is 16.1. The van der Waals surface area contributed by atoms with Gasteiger partial charge in [-0.2, -0.15) is 0 Å². The molecule has 6 heteroatoms. The first-order chi connectivity index (χ1) is 10.8. The van der Waals surface area contributed by atoms with Crippen LogP contribution >= 0.6 is 0 Å². The summed E-state index contributed by atoms with van der Waals surface area (Å²) in [6.45, 7) is 0.752. The number of imidazole rings is 1. The smallest absolute Gasteiger partial charge is 0.271 e. The van der Waals surface area contributed by atoms with E-state index in [-0.39, 0.29) is 11.9 Å². The third-order valence-electron chi connectivity index (χ3n) is 3.95. The predicted octanol–water partition coefficient (Wildman–Crippen LogP) is 1.57. The number of hydrogen-bond acceptors (Lipinski definition) is 4. The quantitative estimate of drug-likeness (QED) is 0.778. The van der Waals surface area contributed by atoms with Crippen LogP contribution in [-0.4, -0.2) is 31.5 Å². The molecular formula is C16H15N5O. The van der Waals surface area contributed by atoms with E-state index in [0.717, 1.165) is 36.2 Å². The molecule has 0 unspecified atom stereocenters. The van der Waals surface area contributed by atoms with E-state index in [9.17, 15) is 4.79 Å². The molecule has 0 spiro atoms. The molecule has 110 valence electrons. The summed E-state index contributed by atoms with van der Waals surface area (Å²) >= 11 is 0. The summed E-state index contributed by atoms with van der Waals surface area (Å²) in [4.78, 5) is 25.3. The first-order valence-electron chi connectivity index (χ1n) is 7.32. The summed E-state index contributed by atoms with van der Waals surface area (Å²) in [5, 5.41) is 3.04. The van der Waals surface area contributed by atoms with Gasteiger partial charge in [0.15, 0.2) is 0 Å². The van der Waals surface area contributed by atoms with E-state index in [4.69, 9.17) is 0 Å². The highest BCUT2D eigenvalue weighted by Crippen LogP contribution is 2.14. The summed E-state index contributed by atoms with van der Waals surface area (Å²) < 4.78 is 2.08. The predicted molar refractivity (Wildman–Crippen MR) is 81.3 cm³/mol. The minimum absolute atomic E-state index is 0.0995. The molecule has 22 heavy (non-hydrogen) atoms. The minimum atomic E-state index is -0.174. The number of hydrogen-bond donors (Lipinski definition) is 1. The number of benzene rings is 1. The van der Waals surface area contributed by atoms with E-state index in [1.165, 1.54) is 6.20 Å². The van der Waals surface area contributed by atoms with Crippen LogP contribution in [-0.2, 0) is 13.0 Å². The van der Waals surface area contributed by atoms with Crippen molar-refractivity contribution in [3.63, 3.8) is 0 Å². The van der Waals surface area contributed by atoms with E-state index in [1.807, 2.05) is 30.5 Å². The molecule has 3 aromatic rings. The van der Waals surface area contributed by atoms with Crippen LogP contribution in [0.4, 0.5) is 0 Å². The van der Waals surface area contributed by atoms with E-state index < -0.39 is 0 Å². The maximum absolute atomic E-state index is 12.4. The molecule has 0 radical (unpaired) electrons. The summed E-state index contributed by atoms with van der Waals surface area (Å²) in [5.74, 6) is 0.905. The van der Waals surface area contributed by atoms with Crippen molar-refractivity contribution in [2.45, 2.75) is 25.4 Å². The van der Waals surface area contributed by atoms with Gasteiger partial charge in [-0.05, 0) is 18.6 Å². The molecule has 0 fully saturated rings. The Morgan fingerprint density at radius 2 is 2.09 bits per heavy atom. The number of rotatable bonds is 2. The van der Waals surface area contributed by atoms with E-state index >= 15 is 0 Å². The molecular weight excluding hydrogens is 278 g/mol. The van der Waals surface area contributed by atoms with Gasteiger partial charge in [0.1, 0.15) is 11.5 Å². The molecule has 1 aromatic carbocycles. The molecule has 4 rings (SSSR count). The maximum Gasteiger partial charge on any atom is 0.271 e. The van der Waals surface area contributed by atoms with Crippen molar-refractivity contribution in [3.05, 3.63) is 54.4 Å². The number of amides is 1. The summed E-state index contributed by atoms with van der Waals surface area (Å²) in [6, 6.07) is 7.63. The van der Waals surface area contributed by atoms with Crippen LogP contribution in [0.25, 0.3) is 11.0 Å². The zero-order valence-corrected chi connectivity index (χ0v) is 11.9. The van der Waals surface area contributed by atoms with Crippen molar-refractivity contribution in [1.82, 2.24) is 24.8 Å². The van der Waals surface area contributed by atoms with Crippen molar-refractivity contribution in [3.8, 4) is 0 Å². The van der Waals surface area contributed by atoms with Crippen molar-refractivity contribution in [2.75, 3.05) is 0 Å². The van der Waals surface area contributed by atoms with Crippen LogP contribution < -0.4 is 5.32 Å². The van der Waals surface area contributed by atoms with Gasteiger partial charge >= 0.3 is 0 Å². The number of fused-ring (bicyclic) bond motifs is 2. The Balaban J connectivity index is 1.52. The van der Waals surface area contributed by atoms with E-state index in [2.05, 4.69) is 24.8 Å². The Morgan fingerprint density at radius 1 is 1.23 bits per heavy atom. The van der Waals surface area contributed by atoms with Crippen LogP contribution in [0.3, 0.4) is 0 Å². The number of aryl methyl sites for hydroxylation is 1. The molecule has 1 aliphatic rings. The van der Waals surface area contributed by atoms with Gasteiger partial charge in [0.05, 0.1) is 17.2 Å². The summed E-state index contributed by atoms with van der Waals surface area (Å²) in [6.07, 6.45) is 7.05. The molecule has 2 aromatic heterocycles. The summed E-state index contributed by atoms with van der Waals surface area (Å²) in [5.41, 5.74) is 1.88. The zero-order chi connectivity index (χ0) is 14.9. The SMILES string of the molecule is O=C(N[C@@H]1CCc2nccn2C1)c1cnc2ccccc2n1. The van der Waals surface area contributed by atoms with Gasteiger partial charge in [0.2, 0.25) is 0 Å². The van der Waals surface area contributed by atoms with Crippen LogP contribution in [0.15, 0.2) is 42.9 Å². The Bertz CT molecular complexity index is 841. The minimum Gasteiger partial charge on any atom is -0.346 e. The lowest BCUT2D eigenvalue weighted by molar-refractivity contribution is 0.0922. The second-order valence-corrected chi connectivity index (χ2v) is 5.45. The average molecular weight is 293 g/mol. The molecule has 0 aliphatic carbocycles. The average Bonchev–Trinajstić information content (AvgIpc) is 3.02. The van der Waals surface area contributed by atoms with Crippen molar-refractivity contribution >= 4 is 16.9 Å².